The van der Waals surface area contributed by atoms with Gasteiger partial charge in [0.2, 0.25) is 0 Å². The lowest BCUT2D eigenvalue weighted by Gasteiger charge is -2.10. The lowest BCUT2D eigenvalue weighted by molar-refractivity contribution is -0.385. The molecule has 0 radical (unpaired) electrons. The number of methoxy groups -OCH3 is 1. The minimum Gasteiger partial charge on any atom is -0.493 e. The second kappa shape index (κ2) is 9.70. The van der Waals surface area contributed by atoms with E-state index in [0.29, 0.717) is 11.4 Å². The fourth-order valence-corrected chi connectivity index (χ4v) is 3.27. The third-order valence-electron chi connectivity index (χ3n) is 3.60. The summed E-state index contributed by atoms with van der Waals surface area (Å²) in [6, 6.07) is 5.52. The van der Waals surface area contributed by atoms with Crippen molar-refractivity contribution in [2.75, 3.05) is 25.6 Å². The maximum absolute atomic E-state index is 12.3. The van der Waals surface area contributed by atoms with Gasteiger partial charge in [-0.3, -0.25) is 14.9 Å². The number of nitro groups is 1. The zero-order valence-corrected chi connectivity index (χ0v) is 16.5. The van der Waals surface area contributed by atoms with E-state index in [0.717, 1.165) is 4.88 Å². The topological polar surface area (TPSA) is 117 Å². The van der Waals surface area contributed by atoms with Gasteiger partial charge in [-0.15, -0.1) is 11.3 Å². The predicted octanol–water partition coefficient (Wildman–Crippen LogP) is 3.42. The van der Waals surface area contributed by atoms with Crippen LogP contribution in [0.25, 0.3) is 0 Å². The molecule has 150 valence electrons. The molecule has 2 rings (SSSR count). The molecule has 0 spiro atoms. The van der Waals surface area contributed by atoms with Crippen LogP contribution in [0.3, 0.4) is 0 Å². The van der Waals surface area contributed by atoms with Gasteiger partial charge in [-0.2, -0.15) is 0 Å². The van der Waals surface area contributed by atoms with Crippen molar-refractivity contribution in [2.24, 2.45) is 0 Å². The van der Waals surface area contributed by atoms with Crippen LogP contribution in [0.4, 0.5) is 10.7 Å². The molecule has 9 nitrogen and oxygen atoms in total. The van der Waals surface area contributed by atoms with E-state index in [-0.39, 0.29) is 29.4 Å². The molecule has 0 aliphatic rings. The Morgan fingerprint density at radius 1 is 1.21 bits per heavy atom. The van der Waals surface area contributed by atoms with Gasteiger partial charge in [0, 0.05) is 10.9 Å². The Balaban J connectivity index is 2.11. The van der Waals surface area contributed by atoms with Crippen LogP contribution in [-0.2, 0) is 16.0 Å². The average Bonchev–Trinajstić information content (AvgIpc) is 3.09. The first-order chi connectivity index (χ1) is 13.4. The number of rotatable bonds is 9. The summed E-state index contributed by atoms with van der Waals surface area (Å²) in [5.41, 5.74) is 0.0941. The lowest BCUT2D eigenvalue weighted by Crippen LogP contribution is -2.21. The fourth-order valence-electron chi connectivity index (χ4n) is 2.27. The Labute approximate surface area is 165 Å². The van der Waals surface area contributed by atoms with Gasteiger partial charge in [0.25, 0.3) is 11.6 Å². The van der Waals surface area contributed by atoms with Gasteiger partial charge in [0.1, 0.15) is 5.00 Å². The number of nitrogens with zero attached hydrogens (tertiary/aromatic N) is 1. The molecule has 0 bridgehead atoms. The van der Waals surface area contributed by atoms with E-state index >= 15 is 0 Å². The summed E-state index contributed by atoms with van der Waals surface area (Å²) in [5, 5.41) is 13.9. The largest absolute Gasteiger partial charge is 0.493 e. The number of non-ortho nitro benzene ring substituents is 1. The van der Waals surface area contributed by atoms with Gasteiger partial charge in [-0.25, -0.2) is 4.79 Å². The van der Waals surface area contributed by atoms with Gasteiger partial charge in [-0.1, -0.05) is 6.92 Å². The van der Waals surface area contributed by atoms with Crippen LogP contribution in [0, 0.1) is 10.1 Å². The third kappa shape index (κ3) is 5.19. The average molecular weight is 408 g/mol. The summed E-state index contributed by atoms with van der Waals surface area (Å²) in [5.74, 6) is -0.716. The molecule has 0 atom stereocenters. The molecule has 1 aromatic heterocycles. The Hall–Kier alpha value is -3.14. The van der Waals surface area contributed by atoms with Crippen molar-refractivity contribution in [2.45, 2.75) is 20.3 Å². The third-order valence-corrected chi connectivity index (χ3v) is 4.79. The standard InChI is InChI=1S/C18H20N2O7S/c1-4-12-9-13(18(22)26-5-2)17(28-12)19-16(21)10-27-15-8-11(20(23)24)6-7-14(15)25-3/h6-9H,4-5,10H2,1-3H3,(H,19,21). The van der Waals surface area contributed by atoms with Crippen LogP contribution in [0.5, 0.6) is 11.5 Å². The lowest BCUT2D eigenvalue weighted by atomic mass is 10.2. The summed E-state index contributed by atoms with van der Waals surface area (Å²) in [6.07, 6.45) is 0.703. The van der Waals surface area contributed by atoms with Crippen molar-refractivity contribution in [1.82, 2.24) is 0 Å². The molecule has 1 heterocycles. The van der Waals surface area contributed by atoms with Gasteiger partial charge in [-0.05, 0) is 25.5 Å². The van der Waals surface area contributed by atoms with Crippen molar-refractivity contribution in [3.63, 3.8) is 0 Å². The minimum atomic E-state index is -0.573. The highest BCUT2D eigenvalue weighted by atomic mass is 32.1. The quantitative estimate of drug-likeness (QED) is 0.384. The molecule has 1 amide bonds. The van der Waals surface area contributed by atoms with Gasteiger partial charge >= 0.3 is 5.97 Å². The van der Waals surface area contributed by atoms with E-state index in [4.69, 9.17) is 14.2 Å². The highest BCUT2D eigenvalue weighted by molar-refractivity contribution is 7.16. The first-order valence-corrected chi connectivity index (χ1v) is 9.26. The Kier molecular flexibility index (Phi) is 7.33. The van der Waals surface area contributed by atoms with Crippen LogP contribution in [0.15, 0.2) is 24.3 Å². The molecule has 0 unspecified atom stereocenters. The Morgan fingerprint density at radius 3 is 2.57 bits per heavy atom. The summed E-state index contributed by atoms with van der Waals surface area (Å²) < 4.78 is 15.5. The molecule has 1 N–H and O–H groups in total. The molecular formula is C18H20N2O7S. The van der Waals surface area contributed by atoms with Crippen molar-refractivity contribution >= 4 is 33.9 Å². The normalized spacial score (nSPS) is 10.2. The molecule has 2 aromatic rings. The summed E-state index contributed by atoms with van der Waals surface area (Å²) in [6.45, 7) is 3.44. The number of aryl methyl sites for hydroxylation is 1. The van der Waals surface area contributed by atoms with E-state index < -0.39 is 23.4 Å². The second-order valence-corrected chi connectivity index (χ2v) is 6.60. The van der Waals surface area contributed by atoms with Crippen molar-refractivity contribution in [1.29, 1.82) is 0 Å². The molecule has 0 aliphatic carbocycles. The van der Waals surface area contributed by atoms with E-state index in [1.165, 1.54) is 36.6 Å². The number of ether oxygens (including phenoxy) is 3. The maximum atomic E-state index is 12.3. The zero-order chi connectivity index (χ0) is 20.7. The molecule has 0 aliphatic heterocycles. The van der Waals surface area contributed by atoms with E-state index in [1.807, 2.05) is 6.92 Å². The summed E-state index contributed by atoms with van der Waals surface area (Å²) in [7, 11) is 1.39. The molecule has 1 aromatic carbocycles. The number of hydrogen-bond acceptors (Lipinski definition) is 8. The van der Waals surface area contributed by atoms with Crippen LogP contribution in [0.2, 0.25) is 0 Å². The second-order valence-electron chi connectivity index (χ2n) is 5.46. The van der Waals surface area contributed by atoms with Crippen molar-refractivity contribution < 1.29 is 28.7 Å². The van der Waals surface area contributed by atoms with E-state index in [2.05, 4.69) is 5.32 Å². The van der Waals surface area contributed by atoms with E-state index in [1.54, 1.807) is 13.0 Å². The molecule has 0 saturated carbocycles. The van der Waals surface area contributed by atoms with Crippen molar-refractivity contribution in [3.05, 3.63) is 44.8 Å². The highest BCUT2D eigenvalue weighted by Crippen LogP contribution is 2.32. The van der Waals surface area contributed by atoms with Crippen molar-refractivity contribution in [3.8, 4) is 11.5 Å². The number of thiophene rings is 1. The summed E-state index contributed by atoms with van der Waals surface area (Å²) >= 11 is 1.28. The molecular weight excluding hydrogens is 388 g/mol. The Morgan fingerprint density at radius 2 is 1.96 bits per heavy atom. The van der Waals surface area contributed by atoms with Gasteiger partial charge in [0.15, 0.2) is 18.1 Å². The maximum Gasteiger partial charge on any atom is 0.341 e. The van der Waals surface area contributed by atoms with E-state index in [9.17, 15) is 19.7 Å². The molecule has 10 heteroatoms. The number of nitrogens with one attached hydrogen (secondary N) is 1. The molecule has 0 saturated heterocycles. The number of esters is 1. The van der Waals surface area contributed by atoms with Gasteiger partial charge in [0.05, 0.1) is 30.3 Å². The number of anilines is 1. The van der Waals surface area contributed by atoms with Crippen LogP contribution in [0.1, 0.15) is 29.1 Å². The Bertz CT molecular complexity index is 879. The summed E-state index contributed by atoms with van der Waals surface area (Å²) in [4.78, 5) is 35.6. The minimum absolute atomic E-state index is 0.0675. The van der Waals surface area contributed by atoms with Crippen LogP contribution >= 0.6 is 11.3 Å². The van der Waals surface area contributed by atoms with Crippen LogP contribution < -0.4 is 14.8 Å². The van der Waals surface area contributed by atoms with Gasteiger partial charge < -0.3 is 19.5 Å². The zero-order valence-electron chi connectivity index (χ0n) is 15.6. The number of amides is 1. The fraction of sp³-hybridized carbons (Fsp3) is 0.333. The smallest absolute Gasteiger partial charge is 0.341 e. The highest BCUT2D eigenvalue weighted by Gasteiger charge is 2.19. The molecule has 0 fully saturated rings. The first kappa shape index (κ1) is 21.2. The SMILES string of the molecule is CCOC(=O)c1cc(CC)sc1NC(=O)COc1cc([N+](=O)[O-])ccc1OC. The monoisotopic (exact) mass is 408 g/mol. The number of benzene rings is 1. The first-order valence-electron chi connectivity index (χ1n) is 8.44. The number of carbonyl (C=O) groups is 2. The number of carbonyl (C=O) groups excluding carboxylic acids is 2. The number of hydrogen-bond donors (Lipinski definition) is 1. The van der Waals surface area contributed by atoms with Crippen LogP contribution in [-0.4, -0.2) is 37.1 Å². The number of nitro benzene ring substituents is 1. The predicted molar refractivity (Wildman–Crippen MR) is 103 cm³/mol. The molecule has 28 heavy (non-hydrogen) atoms.